The highest BCUT2D eigenvalue weighted by molar-refractivity contribution is 5.67. The molecule has 1 rings (SSSR count). The van der Waals surface area contributed by atoms with Crippen LogP contribution < -0.4 is 5.73 Å². The van der Waals surface area contributed by atoms with Crippen LogP contribution in [0.4, 0.5) is 4.79 Å². The summed E-state index contributed by atoms with van der Waals surface area (Å²) in [4.78, 5) is 22.8. The highest BCUT2D eigenvalue weighted by atomic mass is 16.7. The van der Waals surface area contributed by atoms with Crippen molar-refractivity contribution in [3.63, 3.8) is 0 Å². The van der Waals surface area contributed by atoms with Crippen LogP contribution in [0.1, 0.15) is 54.4 Å². The number of ether oxygens (including phenoxy) is 5. The fraction of sp³-hybridized carbons (Fsp3) is 0.895. The van der Waals surface area contributed by atoms with Gasteiger partial charge in [-0.05, 0) is 18.3 Å². The van der Waals surface area contributed by atoms with E-state index in [-0.39, 0.29) is 24.0 Å². The third kappa shape index (κ3) is 8.45. The Kier molecular flexibility index (Phi) is 9.49. The van der Waals surface area contributed by atoms with E-state index in [0.717, 1.165) is 6.42 Å². The lowest BCUT2D eigenvalue weighted by Gasteiger charge is -2.43. The smallest absolute Gasteiger partial charge is 0.404 e. The topological polar surface area (TPSA) is 106 Å². The van der Waals surface area contributed by atoms with Crippen LogP contribution in [0.3, 0.4) is 0 Å². The predicted molar refractivity (Wildman–Crippen MR) is 99.0 cm³/mol. The lowest BCUT2D eigenvalue weighted by atomic mass is 9.89. The number of rotatable bonds is 9. The van der Waals surface area contributed by atoms with E-state index >= 15 is 0 Å². The molecule has 0 saturated carbocycles. The number of hydrogen-bond acceptors (Lipinski definition) is 7. The minimum absolute atomic E-state index is 0.199. The normalized spacial score (nSPS) is 28.6. The molecule has 0 spiro atoms. The molecule has 0 radical (unpaired) electrons. The second kappa shape index (κ2) is 10.8. The van der Waals surface area contributed by atoms with Gasteiger partial charge in [0, 0.05) is 19.4 Å². The standard InChI is InChI=1S/C19H35NO7/c1-7-14-12(2)15(27-18(20)22)16(25-13(3)21)17(26-14)24-11-10-23-9-8-19(4,5)6/h12,14-17H,7-11H2,1-6H3,(H2,20,22)/t12-,14-,15+,16+,17+/m1/s1. The van der Waals surface area contributed by atoms with Gasteiger partial charge in [-0.2, -0.15) is 0 Å². The van der Waals surface area contributed by atoms with E-state index < -0.39 is 30.6 Å². The molecule has 0 unspecified atom stereocenters. The lowest BCUT2D eigenvalue weighted by molar-refractivity contribution is -0.288. The van der Waals surface area contributed by atoms with Crippen molar-refractivity contribution in [3.05, 3.63) is 0 Å². The number of hydrogen-bond donors (Lipinski definition) is 1. The van der Waals surface area contributed by atoms with Gasteiger partial charge in [0.05, 0.1) is 19.3 Å². The quantitative estimate of drug-likeness (QED) is 0.477. The number of carbonyl (C=O) groups excluding carboxylic acids is 2. The number of carbonyl (C=O) groups is 2. The molecule has 158 valence electrons. The molecule has 1 aliphatic rings. The van der Waals surface area contributed by atoms with Crippen molar-refractivity contribution in [3.8, 4) is 0 Å². The Labute approximate surface area is 162 Å². The SMILES string of the molecule is CC[C@H]1O[C@H](OCCOCCC(C)(C)C)[C@@H](OC(C)=O)[C@@H](OC(N)=O)[C@@H]1C. The van der Waals surface area contributed by atoms with Gasteiger partial charge >= 0.3 is 12.1 Å². The first kappa shape index (κ1) is 23.7. The minimum atomic E-state index is -0.926. The fourth-order valence-electron chi connectivity index (χ4n) is 2.97. The van der Waals surface area contributed by atoms with Crippen molar-refractivity contribution in [2.75, 3.05) is 19.8 Å². The number of amides is 1. The van der Waals surface area contributed by atoms with Crippen molar-refractivity contribution in [2.24, 2.45) is 17.1 Å². The third-order valence-corrected chi connectivity index (χ3v) is 4.47. The van der Waals surface area contributed by atoms with Gasteiger partial charge in [0.1, 0.15) is 0 Å². The van der Waals surface area contributed by atoms with Crippen LogP contribution >= 0.6 is 0 Å². The summed E-state index contributed by atoms with van der Waals surface area (Å²) in [5.74, 6) is -0.714. The Balaban J connectivity index is 2.68. The summed E-state index contributed by atoms with van der Waals surface area (Å²) in [6.45, 7) is 12.8. The van der Waals surface area contributed by atoms with Crippen LogP contribution in [0.15, 0.2) is 0 Å². The molecule has 2 N–H and O–H groups in total. The molecular formula is C19H35NO7. The summed E-state index contributed by atoms with van der Waals surface area (Å²) in [7, 11) is 0. The monoisotopic (exact) mass is 389 g/mol. The van der Waals surface area contributed by atoms with Crippen LogP contribution in [-0.2, 0) is 28.5 Å². The maximum atomic E-state index is 11.5. The Morgan fingerprint density at radius 3 is 2.26 bits per heavy atom. The summed E-state index contributed by atoms with van der Waals surface area (Å²) >= 11 is 0. The van der Waals surface area contributed by atoms with Gasteiger partial charge in [-0.15, -0.1) is 0 Å². The molecule has 1 fully saturated rings. The molecule has 8 heteroatoms. The molecule has 0 aliphatic carbocycles. The highest BCUT2D eigenvalue weighted by Crippen LogP contribution is 2.32. The van der Waals surface area contributed by atoms with E-state index in [1.54, 1.807) is 0 Å². The summed E-state index contributed by atoms with van der Waals surface area (Å²) in [5.41, 5.74) is 5.40. The molecule has 1 saturated heterocycles. The predicted octanol–water partition coefficient (Wildman–Crippen LogP) is 2.62. The summed E-state index contributed by atoms with van der Waals surface area (Å²) in [6, 6.07) is 0. The first-order chi connectivity index (χ1) is 12.5. The zero-order valence-corrected chi connectivity index (χ0v) is 17.4. The number of esters is 1. The van der Waals surface area contributed by atoms with Crippen molar-refractivity contribution < 1.29 is 33.3 Å². The summed E-state index contributed by atoms with van der Waals surface area (Å²) < 4.78 is 27.9. The first-order valence-corrected chi connectivity index (χ1v) is 9.53. The summed E-state index contributed by atoms with van der Waals surface area (Å²) in [6.07, 6.45) is -2.00. The number of primary amides is 1. The average Bonchev–Trinajstić information content (AvgIpc) is 2.54. The van der Waals surface area contributed by atoms with Crippen molar-refractivity contribution >= 4 is 12.1 Å². The second-order valence-electron chi connectivity index (χ2n) is 8.08. The highest BCUT2D eigenvalue weighted by Gasteiger charge is 2.48. The number of nitrogens with two attached hydrogens (primary N) is 1. The van der Waals surface area contributed by atoms with Gasteiger partial charge in [-0.25, -0.2) is 4.79 Å². The van der Waals surface area contributed by atoms with Crippen molar-refractivity contribution in [2.45, 2.75) is 79.0 Å². The van der Waals surface area contributed by atoms with E-state index in [9.17, 15) is 9.59 Å². The Morgan fingerprint density at radius 1 is 1.07 bits per heavy atom. The summed E-state index contributed by atoms with van der Waals surface area (Å²) in [5, 5.41) is 0. The first-order valence-electron chi connectivity index (χ1n) is 9.53. The van der Waals surface area contributed by atoms with Gasteiger partial charge in [0.2, 0.25) is 0 Å². The maximum absolute atomic E-state index is 11.5. The van der Waals surface area contributed by atoms with Crippen LogP contribution in [0.25, 0.3) is 0 Å². The molecule has 1 heterocycles. The van der Waals surface area contributed by atoms with Gasteiger partial charge in [0.15, 0.2) is 18.5 Å². The van der Waals surface area contributed by atoms with Gasteiger partial charge in [-0.1, -0.05) is 34.6 Å². The Morgan fingerprint density at radius 2 is 1.74 bits per heavy atom. The van der Waals surface area contributed by atoms with Gasteiger partial charge < -0.3 is 29.4 Å². The van der Waals surface area contributed by atoms with Crippen LogP contribution in [0, 0.1) is 11.3 Å². The molecule has 1 aliphatic heterocycles. The Hall–Kier alpha value is -1.38. The molecule has 5 atom stereocenters. The zero-order valence-electron chi connectivity index (χ0n) is 17.4. The Bertz CT molecular complexity index is 477. The molecule has 1 amide bonds. The second-order valence-corrected chi connectivity index (χ2v) is 8.08. The third-order valence-electron chi connectivity index (χ3n) is 4.47. The molecular weight excluding hydrogens is 354 g/mol. The average molecular weight is 389 g/mol. The van der Waals surface area contributed by atoms with Crippen molar-refractivity contribution in [1.29, 1.82) is 0 Å². The zero-order chi connectivity index (χ0) is 20.6. The molecule has 0 aromatic carbocycles. The van der Waals surface area contributed by atoms with E-state index in [1.165, 1.54) is 6.92 Å². The minimum Gasteiger partial charge on any atom is -0.453 e. The molecule has 27 heavy (non-hydrogen) atoms. The van der Waals surface area contributed by atoms with E-state index in [0.29, 0.717) is 19.6 Å². The van der Waals surface area contributed by atoms with Gasteiger partial charge in [0.25, 0.3) is 0 Å². The fourth-order valence-corrected chi connectivity index (χ4v) is 2.97. The van der Waals surface area contributed by atoms with Crippen molar-refractivity contribution in [1.82, 2.24) is 0 Å². The van der Waals surface area contributed by atoms with Crippen LogP contribution in [-0.4, -0.2) is 56.5 Å². The molecule has 8 nitrogen and oxygen atoms in total. The largest absolute Gasteiger partial charge is 0.453 e. The van der Waals surface area contributed by atoms with E-state index in [4.69, 9.17) is 29.4 Å². The van der Waals surface area contributed by atoms with Crippen LogP contribution in [0.2, 0.25) is 0 Å². The van der Waals surface area contributed by atoms with Crippen LogP contribution in [0.5, 0.6) is 0 Å². The van der Waals surface area contributed by atoms with E-state index in [1.807, 2.05) is 13.8 Å². The maximum Gasteiger partial charge on any atom is 0.404 e. The van der Waals surface area contributed by atoms with E-state index in [2.05, 4.69) is 20.8 Å². The lowest BCUT2D eigenvalue weighted by Crippen LogP contribution is -2.57. The molecule has 0 aromatic heterocycles. The molecule has 0 bridgehead atoms. The molecule has 0 aromatic rings. The van der Waals surface area contributed by atoms with Gasteiger partial charge in [-0.3, -0.25) is 4.79 Å².